The number of hydrogen-bond acceptors (Lipinski definition) is 3. The number of carbonyl (C=O) groups excluding carboxylic acids is 2. The van der Waals surface area contributed by atoms with Crippen molar-refractivity contribution in [2.24, 2.45) is 5.92 Å². The van der Waals surface area contributed by atoms with Gasteiger partial charge in [-0.25, -0.2) is 4.79 Å². The summed E-state index contributed by atoms with van der Waals surface area (Å²) in [5.74, 6) is -0.394. The fourth-order valence-corrected chi connectivity index (χ4v) is 3.56. The van der Waals surface area contributed by atoms with E-state index < -0.39 is 0 Å². The van der Waals surface area contributed by atoms with E-state index in [9.17, 15) is 9.59 Å². The topological polar surface area (TPSA) is 67.4 Å². The van der Waals surface area contributed by atoms with Gasteiger partial charge in [0.1, 0.15) is 0 Å². The van der Waals surface area contributed by atoms with Crippen LogP contribution in [0.3, 0.4) is 0 Å². The molecule has 0 aromatic heterocycles. The fourth-order valence-electron chi connectivity index (χ4n) is 3.56. The summed E-state index contributed by atoms with van der Waals surface area (Å²) in [6.45, 7) is 0. The summed E-state index contributed by atoms with van der Waals surface area (Å²) in [6, 6.07) is 0.0762. The summed E-state index contributed by atoms with van der Waals surface area (Å²) < 4.78 is 4.90. The molecule has 5 nitrogen and oxygen atoms in total. The third-order valence-electron chi connectivity index (χ3n) is 4.78. The summed E-state index contributed by atoms with van der Waals surface area (Å²) in [4.78, 5) is 24.1. The second kappa shape index (κ2) is 8.25. The Morgan fingerprint density at radius 1 is 0.857 bits per heavy atom. The van der Waals surface area contributed by atoms with Gasteiger partial charge in [-0.05, 0) is 25.7 Å². The van der Waals surface area contributed by atoms with Gasteiger partial charge in [-0.1, -0.05) is 38.5 Å². The highest BCUT2D eigenvalue weighted by Gasteiger charge is 2.31. The number of amides is 2. The van der Waals surface area contributed by atoms with Gasteiger partial charge in [0, 0.05) is 12.1 Å². The van der Waals surface area contributed by atoms with Crippen LogP contribution in [0.25, 0.3) is 0 Å². The molecule has 2 aliphatic rings. The Labute approximate surface area is 127 Å². The van der Waals surface area contributed by atoms with Crippen molar-refractivity contribution in [3.8, 4) is 0 Å². The molecule has 5 heteroatoms. The lowest BCUT2D eigenvalue weighted by atomic mass is 9.94. The Bertz CT molecular complexity index is 353. The van der Waals surface area contributed by atoms with E-state index in [2.05, 4.69) is 10.6 Å². The van der Waals surface area contributed by atoms with Crippen LogP contribution < -0.4 is 10.6 Å². The van der Waals surface area contributed by atoms with Crippen molar-refractivity contribution in [3.05, 3.63) is 0 Å². The van der Waals surface area contributed by atoms with E-state index in [0.717, 1.165) is 44.9 Å². The van der Waals surface area contributed by atoms with Gasteiger partial charge in [0.25, 0.3) is 0 Å². The number of urea groups is 1. The standard InChI is InChI=1S/C16H28N2O3/c1-21-15(19)13-10-6-3-7-11-14(13)18-16(20)17-12-8-4-2-5-9-12/h12-14H,2-11H2,1H3,(H2,17,18,20)/t13-,14+/m1/s1. The average molecular weight is 296 g/mol. The number of ether oxygens (including phenoxy) is 1. The second-order valence-corrected chi connectivity index (χ2v) is 6.33. The Morgan fingerprint density at radius 3 is 2.14 bits per heavy atom. The lowest BCUT2D eigenvalue weighted by Crippen LogP contribution is -2.50. The normalized spacial score (nSPS) is 27.5. The highest BCUT2D eigenvalue weighted by Crippen LogP contribution is 2.25. The van der Waals surface area contributed by atoms with Crippen molar-refractivity contribution in [1.82, 2.24) is 10.6 Å². The molecule has 2 amide bonds. The van der Waals surface area contributed by atoms with E-state index in [-0.39, 0.29) is 24.0 Å². The van der Waals surface area contributed by atoms with Gasteiger partial charge in [0.05, 0.1) is 13.0 Å². The Kier molecular flexibility index (Phi) is 6.33. The van der Waals surface area contributed by atoms with Gasteiger partial charge in [-0.2, -0.15) is 0 Å². The highest BCUT2D eigenvalue weighted by molar-refractivity contribution is 5.77. The van der Waals surface area contributed by atoms with Crippen molar-refractivity contribution in [2.45, 2.75) is 76.3 Å². The zero-order valence-corrected chi connectivity index (χ0v) is 13.0. The summed E-state index contributed by atoms with van der Waals surface area (Å²) in [7, 11) is 1.42. The summed E-state index contributed by atoms with van der Waals surface area (Å²) in [5, 5.41) is 6.08. The fraction of sp³-hybridized carbons (Fsp3) is 0.875. The number of rotatable bonds is 3. The maximum absolute atomic E-state index is 12.2. The highest BCUT2D eigenvalue weighted by atomic mass is 16.5. The van der Waals surface area contributed by atoms with Gasteiger partial charge in [0.2, 0.25) is 0 Å². The SMILES string of the molecule is COC(=O)[C@@H]1CCCCC[C@@H]1NC(=O)NC1CCCCC1. The van der Waals surface area contributed by atoms with Crippen molar-refractivity contribution in [3.63, 3.8) is 0 Å². The molecule has 2 atom stereocenters. The quantitative estimate of drug-likeness (QED) is 0.621. The molecule has 2 fully saturated rings. The number of nitrogens with one attached hydrogen (secondary N) is 2. The minimum atomic E-state index is -0.199. The monoisotopic (exact) mass is 296 g/mol. The number of carbonyl (C=O) groups is 2. The van der Waals surface area contributed by atoms with E-state index >= 15 is 0 Å². The Hall–Kier alpha value is -1.26. The van der Waals surface area contributed by atoms with Crippen molar-refractivity contribution in [1.29, 1.82) is 0 Å². The minimum absolute atomic E-state index is 0.0939. The van der Waals surface area contributed by atoms with Crippen molar-refractivity contribution < 1.29 is 14.3 Å². The van der Waals surface area contributed by atoms with Crippen LogP contribution in [0.1, 0.15) is 64.2 Å². The number of hydrogen-bond donors (Lipinski definition) is 2. The first kappa shape index (κ1) is 16.1. The van der Waals surface area contributed by atoms with Crippen molar-refractivity contribution >= 4 is 12.0 Å². The van der Waals surface area contributed by atoms with E-state index in [0.29, 0.717) is 6.04 Å². The Balaban J connectivity index is 1.87. The van der Waals surface area contributed by atoms with Gasteiger partial charge in [0.15, 0.2) is 0 Å². The van der Waals surface area contributed by atoms with Crippen LogP contribution in [0.4, 0.5) is 4.79 Å². The molecule has 0 unspecified atom stereocenters. The number of esters is 1. The largest absolute Gasteiger partial charge is 0.469 e. The third kappa shape index (κ3) is 4.90. The van der Waals surface area contributed by atoms with Crippen LogP contribution in [0, 0.1) is 5.92 Å². The summed E-state index contributed by atoms with van der Waals surface area (Å²) in [5.41, 5.74) is 0. The molecule has 2 rings (SSSR count). The van der Waals surface area contributed by atoms with Crippen LogP contribution in [0.2, 0.25) is 0 Å². The molecule has 2 saturated carbocycles. The molecule has 21 heavy (non-hydrogen) atoms. The van der Waals surface area contributed by atoms with Crippen LogP contribution in [-0.4, -0.2) is 31.2 Å². The van der Waals surface area contributed by atoms with Gasteiger partial charge >= 0.3 is 12.0 Å². The molecule has 0 heterocycles. The molecule has 2 N–H and O–H groups in total. The average Bonchev–Trinajstić information content (AvgIpc) is 2.73. The first-order valence-electron chi connectivity index (χ1n) is 8.35. The van der Waals surface area contributed by atoms with E-state index in [4.69, 9.17) is 4.74 Å². The lowest BCUT2D eigenvalue weighted by Gasteiger charge is -2.27. The smallest absolute Gasteiger partial charge is 0.315 e. The molecule has 0 aliphatic heterocycles. The maximum atomic E-state index is 12.2. The van der Waals surface area contributed by atoms with Crippen LogP contribution in [0.15, 0.2) is 0 Å². The molecule has 0 radical (unpaired) electrons. The molecular formula is C16H28N2O3. The van der Waals surface area contributed by atoms with E-state index in [1.807, 2.05) is 0 Å². The first-order chi connectivity index (χ1) is 10.2. The van der Waals surface area contributed by atoms with E-state index in [1.165, 1.54) is 26.4 Å². The van der Waals surface area contributed by atoms with Gasteiger partial charge < -0.3 is 15.4 Å². The third-order valence-corrected chi connectivity index (χ3v) is 4.78. The molecular weight excluding hydrogens is 268 g/mol. The van der Waals surface area contributed by atoms with Crippen LogP contribution >= 0.6 is 0 Å². The Morgan fingerprint density at radius 2 is 1.48 bits per heavy atom. The van der Waals surface area contributed by atoms with Crippen LogP contribution in [0.5, 0.6) is 0 Å². The van der Waals surface area contributed by atoms with Crippen molar-refractivity contribution in [2.75, 3.05) is 7.11 Å². The van der Waals surface area contributed by atoms with Crippen LogP contribution in [-0.2, 0) is 9.53 Å². The summed E-state index contributed by atoms with van der Waals surface area (Å²) in [6.07, 6.45) is 10.7. The summed E-state index contributed by atoms with van der Waals surface area (Å²) >= 11 is 0. The molecule has 0 spiro atoms. The van der Waals surface area contributed by atoms with Gasteiger partial charge in [-0.15, -0.1) is 0 Å². The predicted molar refractivity (Wildman–Crippen MR) is 80.9 cm³/mol. The lowest BCUT2D eigenvalue weighted by molar-refractivity contribution is -0.146. The van der Waals surface area contributed by atoms with Gasteiger partial charge in [-0.3, -0.25) is 4.79 Å². The molecule has 120 valence electrons. The molecule has 0 aromatic rings. The molecule has 0 saturated heterocycles. The minimum Gasteiger partial charge on any atom is -0.469 e. The first-order valence-corrected chi connectivity index (χ1v) is 8.35. The predicted octanol–water partition coefficient (Wildman–Crippen LogP) is 2.74. The maximum Gasteiger partial charge on any atom is 0.315 e. The molecule has 0 bridgehead atoms. The zero-order chi connectivity index (χ0) is 15.1. The zero-order valence-electron chi connectivity index (χ0n) is 13.0. The van der Waals surface area contributed by atoms with E-state index in [1.54, 1.807) is 0 Å². The number of methoxy groups -OCH3 is 1. The second-order valence-electron chi connectivity index (χ2n) is 6.33. The molecule has 0 aromatic carbocycles. The molecule has 2 aliphatic carbocycles.